The number of methoxy groups -OCH3 is 1. The normalized spacial score (nSPS) is 11.8. The molecule has 0 saturated heterocycles. The van der Waals surface area contributed by atoms with Gasteiger partial charge in [0.2, 0.25) is 0 Å². The average Bonchev–Trinajstić information content (AvgIpc) is 3.11. The number of fused-ring (bicyclic) bond motifs is 1. The van der Waals surface area contributed by atoms with Crippen molar-refractivity contribution in [1.29, 1.82) is 0 Å². The van der Waals surface area contributed by atoms with Crippen LogP contribution in [-0.4, -0.2) is 50.6 Å². The second kappa shape index (κ2) is 9.75. The molecule has 2 aromatic carbocycles. The van der Waals surface area contributed by atoms with Gasteiger partial charge in [-0.2, -0.15) is 0 Å². The molecule has 4 N–H and O–H groups in total. The summed E-state index contributed by atoms with van der Waals surface area (Å²) in [6.07, 6.45) is 2.74. The SMILES string of the molecule is COc1ccc(NC(=O)C[NH+](C)CC(=O)NCCc2c[nH]c3ccccc23)cc1. The Morgan fingerprint density at radius 1 is 1.03 bits per heavy atom. The molecule has 3 rings (SSSR count). The Bertz CT molecular complexity index is 966. The van der Waals surface area contributed by atoms with Gasteiger partial charge in [-0.25, -0.2) is 0 Å². The maximum absolute atomic E-state index is 12.2. The number of hydrogen-bond acceptors (Lipinski definition) is 3. The van der Waals surface area contributed by atoms with E-state index in [-0.39, 0.29) is 24.9 Å². The maximum atomic E-state index is 12.2. The molecule has 3 aromatic rings. The van der Waals surface area contributed by atoms with Crippen LogP contribution in [0.1, 0.15) is 5.56 Å². The number of carbonyl (C=O) groups excluding carboxylic acids is 2. The van der Waals surface area contributed by atoms with Crippen LogP contribution in [-0.2, 0) is 16.0 Å². The first kappa shape index (κ1) is 20.4. The van der Waals surface area contributed by atoms with E-state index in [1.54, 1.807) is 31.4 Å². The zero-order valence-electron chi connectivity index (χ0n) is 16.7. The monoisotopic (exact) mass is 395 g/mol. The number of H-pyrrole nitrogens is 1. The topological polar surface area (TPSA) is 87.7 Å². The minimum atomic E-state index is -0.140. The number of benzene rings is 2. The van der Waals surface area contributed by atoms with E-state index in [0.717, 1.165) is 22.6 Å². The number of amides is 2. The van der Waals surface area contributed by atoms with Gasteiger partial charge in [0.05, 0.1) is 14.2 Å². The summed E-state index contributed by atoms with van der Waals surface area (Å²) in [5.41, 5.74) is 2.98. The van der Waals surface area contributed by atoms with E-state index < -0.39 is 0 Å². The van der Waals surface area contributed by atoms with Gasteiger partial charge >= 0.3 is 0 Å². The van der Waals surface area contributed by atoms with E-state index in [1.807, 2.05) is 31.4 Å². The molecule has 1 aromatic heterocycles. The summed E-state index contributed by atoms with van der Waals surface area (Å²) in [7, 11) is 3.42. The third-order valence-corrected chi connectivity index (χ3v) is 4.69. The molecule has 0 spiro atoms. The summed E-state index contributed by atoms with van der Waals surface area (Å²) in [5, 5.41) is 6.94. The molecular formula is C22H27N4O3+. The van der Waals surface area contributed by atoms with Gasteiger partial charge in [0.1, 0.15) is 5.75 Å². The van der Waals surface area contributed by atoms with Crippen LogP contribution in [0.3, 0.4) is 0 Å². The second-order valence-corrected chi connectivity index (χ2v) is 7.05. The van der Waals surface area contributed by atoms with E-state index in [4.69, 9.17) is 4.74 Å². The first-order chi connectivity index (χ1) is 14.0. The van der Waals surface area contributed by atoms with Crippen LogP contribution in [0.4, 0.5) is 5.69 Å². The van der Waals surface area contributed by atoms with Crippen LogP contribution in [0.15, 0.2) is 54.7 Å². The van der Waals surface area contributed by atoms with Crippen molar-refractivity contribution in [2.75, 3.05) is 39.1 Å². The molecule has 0 fully saturated rings. The van der Waals surface area contributed by atoms with E-state index in [2.05, 4.69) is 21.7 Å². The minimum absolute atomic E-state index is 0.0698. The fourth-order valence-electron chi connectivity index (χ4n) is 3.23. The fraction of sp³-hybridized carbons (Fsp3) is 0.273. The van der Waals surface area contributed by atoms with Gasteiger partial charge in [0, 0.05) is 29.3 Å². The molecule has 0 aliphatic carbocycles. The Balaban J connectivity index is 1.38. The number of rotatable bonds is 9. The number of para-hydroxylation sites is 1. The molecule has 2 amide bonds. The van der Waals surface area contributed by atoms with Crippen LogP contribution >= 0.6 is 0 Å². The lowest BCUT2D eigenvalue weighted by Crippen LogP contribution is -3.11. The van der Waals surface area contributed by atoms with Gasteiger partial charge in [0.25, 0.3) is 11.8 Å². The van der Waals surface area contributed by atoms with E-state index in [1.165, 1.54) is 10.9 Å². The van der Waals surface area contributed by atoms with Crippen molar-refractivity contribution < 1.29 is 19.2 Å². The van der Waals surface area contributed by atoms with E-state index in [0.29, 0.717) is 12.2 Å². The molecule has 152 valence electrons. The summed E-state index contributed by atoms with van der Waals surface area (Å²) in [6.45, 7) is 1.01. The fourth-order valence-corrected chi connectivity index (χ4v) is 3.23. The van der Waals surface area contributed by atoms with Crippen LogP contribution in [0.5, 0.6) is 5.75 Å². The van der Waals surface area contributed by atoms with Crippen LogP contribution in [0.25, 0.3) is 10.9 Å². The molecule has 0 radical (unpaired) electrons. The Morgan fingerprint density at radius 3 is 2.52 bits per heavy atom. The van der Waals surface area contributed by atoms with Crippen molar-refractivity contribution in [3.05, 3.63) is 60.3 Å². The number of ether oxygens (including phenoxy) is 1. The highest BCUT2D eigenvalue weighted by Crippen LogP contribution is 2.17. The number of hydrogen-bond donors (Lipinski definition) is 4. The lowest BCUT2D eigenvalue weighted by molar-refractivity contribution is -0.862. The molecule has 0 aliphatic heterocycles. The number of anilines is 1. The van der Waals surface area contributed by atoms with Crippen LogP contribution in [0, 0.1) is 0 Å². The smallest absolute Gasteiger partial charge is 0.279 e. The summed E-state index contributed by atoms with van der Waals surface area (Å²) < 4.78 is 5.10. The Hall–Kier alpha value is -3.32. The summed E-state index contributed by atoms with van der Waals surface area (Å²) in [5.74, 6) is 0.522. The summed E-state index contributed by atoms with van der Waals surface area (Å²) in [6, 6.07) is 15.2. The van der Waals surface area contributed by atoms with Crippen molar-refractivity contribution in [2.45, 2.75) is 6.42 Å². The molecule has 0 saturated carbocycles. The lowest BCUT2D eigenvalue weighted by atomic mass is 10.1. The first-order valence-corrected chi connectivity index (χ1v) is 9.62. The van der Waals surface area contributed by atoms with Gasteiger partial charge in [0.15, 0.2) is 13.1 Å². The van der Waals surface area contributed by atoms with Crippen LogP contribution in [0.2, 0.25) is 0 Å². The van der Waals surface area contributed by atoms with Crippen molar-refractivity contribution in [3.63, 3.8) is 0 Å². The Morgan fingerprint density at radius 2 is 1.76 bits per heavy atom. The zero-order chi connectivity index (χ0) is 20.6. The Labute approximate surface area is 170 Å². The van der Waals surface area contributed by atoms with Crippen molar-refractivity contribution >= 4 is 28.4 Å². The largest absolute Gasteiger partial charge is 0.497 e. The van der Waals surface area contributed by atoms with Gasteiger partial charge in [-0.05, 0) is 42.3 Å². The predicted molar refractivity (Wildman–Crippen MR) is 113 cm³/mol. The van der Waals surface area contributed by atoms with Gasteiger partial charge in [-0.15, -0.1) is 0 Å². The first-order valence-electron chi connectivity index (χ1n) is 9.62. The summed E-state index contributed by atoms with van der Waals surface area (Å²) >= 11 is 0. The second-order valence-electron chi connectivity index (χ2n) is 7.05. The third kappa shape index (κ3) is 5.83. The number of quaternary nitrogens is 1. The minimum Gasteiger partial charge on any atom is -0.497 e. The van der Waals surface area contributed by atoms with Crippen LogP contribution < -0.4 is 20.3 Å². The molecule has 29 heavy (non-hydrogen) atoms. The highest BCUT2D eigenvalue weighted by Gasteiger charge is 2.14. The van der Waals surface area contributed by atoms with Gasteiger partial charge < -0.3 is 25.3 Å². The molecule has 1 unspecified atom stereocenters. The standard InChI is InChI=1S/C22H26N4O3/c1-26(15-22(28)25-17-7-9-18(29-2)10-8-17)14-21(27)23-12-11-16-13-24-20-6-4-3-5-19(16)20/h3-10,13,24H,11-12,14-15H2,1-2H3,(H,23,27)(H,25,28)/p+1. The number of aromatic nitrogens is 1. The number of aromatic amines is 1. The Kier molecular flexibility index (Phi) is 6.86. The molecule has 1 atom stereocenters. The average molecular weight is 395 g/mol. The molecular weight excluding hydrogens is 368 g/mol. The molecule has 7 heteroatoms. The predicted octanol–water partition coefficient (Wildman–Crippen LogP) is 0.989. The third-order valence-electron chi connectivity index (χ3n) is 4.69. The zero-order valence-corrected chi connectivity index (χ0v) is 16.7. The number of carbonyl (C=O) groups is 2. The highest BCUT2D eigenvalue weighted by molar-refractivity contribution is 5.91. The molecule has 0 bridgehead atoms. The molecule has 7 nitrogen and oxygen atoms in total. The van der Waals surface area contributed by atoms with Crippen molar-refractivity contribution in [1.82, 2.24) is 10.3 Å². The molecule has 1 heterocycles. The number of likely N-dealkylation sites (N-methyl/N-ethyl adjacent to an activating group) is 1. The quantitative estimate of drug-likeness (QED) is 0.436. The molecule has 0 aliphatic rings. The van der Waals surface area contributed by atoms with E-state index in [9.17, 15) is 9.59 Å². The van der Waals surface area contributed by atoms with Gasteiger partial charge in [-0.3, -0.25) is 9.59 Å². The summed E-state index contributed by atoms with van der Waals surface area (Å²) in [4.78, 5) is 28.4. The maximum Gasteiger partial charge on any atom is 0.279 e. The van der Waals surface area contributed by atoms with Gasteiger partial charge in [-0.1, -0.05) is 18.2 Å². The lowest BCUT2D eigenvalue weighted by Gasteiger charge is -2.14. The number of nitrogens with one attached hydrogen (secondary N) is 4. The highest BCUT2D eigenvalue weighted by atomic mass is 16.5. The van der Waals surface area contributed by atoms with Crippen molar-refractivity contribution in [2.24, 2.45) is 0 Å². The van der Waals surface area contributed by atoms with E-state index >= 15 is 0 Å². The van der Waals surface area contributed by atoms with Crippen molar-refractivity contribution in [3.8, 4) is 5.75 Å².